The smallest absolute Gasteiger partial charge is 0.264 e. The van der Waals surface area contributed by atoms with Crippen LogP contribution < -0.4 is 10.9 Å². The van der Waals surface area contributed by atoms with Gasteiger partial charge in [0.2, 0.25) is 5.89 Å². The molecule has 2 aromatic heterocycles. The summed E-state index contributed by atoms with van der Waals surface area (Å²) in [5, 5.41) is 8.96. The van der Waals surface area contributed by atoms with Crippen LogP contribution in [0.2, 0.25) is 0 Å². The molecular formula is C21H21N5O2S2. The minimum Gasteiger partial charge on any atom is -0.441 e. The maximum absolute atomic E-state index is 12.3. The molecule has 5 rings (SSSR count). The fraction of sp³-hybridized carbons (Fsp3) is 0.286. The van der Waals surface area contributed by atoms with Crippen LogP contribution in [0.15, 0.2) is 51.3 Å². The number of hydrazine groups is 1. The van der Waals surface area contributed by atoms with Gasteiger partial charge in [-0.15, -0.1) is 16.4 Å². The van der Waals surface area contributed by atoms with Crippen molar-refractivity contribution < 1.29 is 9.21 Å². The fourth-order valence-corrected chi connectivity index (χ4v) is 5.32. The van der Waals surface area contributed by atoms with Gasteiger partial charge in [0.15, 0.2) is 5.17 Å². The fourth-order valence-electron chi connectivity index (χ4n) is 3.57. The molecule has 9 heteroatoms. The lowest BCUT2D eigenvalue weighted by molar-refractivity contribution is -0.125. The number of hydrogen-bond donors (Lipinski definition) is 2. The van der Waals surface area contributed by atoms with E-state index in [1.807, 2.05) is 42.3 Å². The molecule has 0 spiro atoms. The van der Waals surface area contributed by atoms with Crippen LogP contribution in [0.5, 0.6) is 0 Å². The quantitative estimate of drug-likeness (QED) is 0.640. The van der Waals surface area contributed by atoms with Gasteiger partial charge in [0.05, 0.1) is 11.7 Å². The molecule has 30 heavy (non-hydrogen) atoms. The van der Waals surface area contributed by atoms with E-state index in [2.05, 4.69) is 39.3 Å². The van der Waals surface area contributed by atoms with E-state index >= 15 is 0 Å². The first kappa shape index (κ1) is 19.3. The number of aromatic nitrogens is 1. The van der Waals surface area contributed by atoms with Gasteiger partial charge in [0.25, 0.3) is 5.91 Å². The van der Waals surface area contributed by atoms with Crippen molar-refractivity contribution in [2.45, 2.75) is 38.1 Å². The van der Waals surface area contributed by atoms with Crippen molar-refractivity contribution >= 4 is 34.2 Å². The second-order valence-corrected chi connectivity index (χ2v) is 9.29. The topological polar surface area (TPSA) is 82.8 Å². The maximum Gasteiger partial charge on any atom is 0.264 e. The van der Waals surface area contributed by atoms with Gasteiger partial charge in [-0.25, -0.2) is 15.8 Å². The summed E-state index contributed by atoms with van der Waals surface area (Å²) >= 11 is 3.22. The molecule has 0 aliphatic carbocycles. The van der Waals surface area contributed by atoms with E-state index in [0.29, 0.717) is 18.1 Å². The first-order valence-corrected chi connectivity index (χ1v) is 11.6. The molecule has 154 valence electrons. The van der Waals surface area contributed by atoms with Gasteiger partial charge in [0, 0.05) is 22.6 Å². The van der Waals surface area contributed by atoms with Crippen LogP contribution >= 0.6 is 23.1 Å². The van der Waals surface area contributed by atoms with Gasteiger partial charge < -0.3 is 4.42 Å². The minimum absolute atomic E-state index is 0.0785. The molecule has 2 N–H and O–H groups in total. The molecule has 1 amide bonds. The van der Waals surface area contributed by atoms with Crippen LogP contribution in [0.1, 0.15) is 34.4 Å². The summed E-state index contributed by atoms with van der Waals surface area (Å²) in [6.07, 6.45) is 0.715. The van der Waals surface area contributed by atoms with Crippen molar-refractivity contribution in [1.29, 1.82) is 0 Å². The van der Waals surface area contributed by atoms with Gasteiger partial charge >= 0.3 is 0 Å². The molecule has 2 aliphatic rings. The van der Waals surface area contributed by atoms with E-state index in [4.69, 9.17) is 4.42 Å². The molecule has 1 aromatic carbocycles. The summed E-state index contributed by atoms with van der Waals surface area (Å²) in [5.41, 5.74) is 9.15. The second kappa shape index (κ2) is 7.90. The van der Waals surface area contributed by atoms with Gasteiger partial charge in [-0.3, -0.25) is 9.80 Å². The predicted molar refractivity (Wildman–Crippen MR) is 119 cm³/mol. The Labute approximate surface area is 182 Å². The van der Waals surface area contributed by atoms with Crippen LogP contribution in [-0.2, 0) is 10.5 Å². The first-order valence-electron chi connectivity index (χ1n) is 9.71. The number of nitrogens with one attached hydrogen (secondary N) is 2. The van der Waals surface area contributed by atoms with Gasteiger partial charge in [-0.1, -0.05) is 35.5 Å². The highest BCUT2D eigenvalue weighted by atomic mass is 32.2. The molecule has 0 radical (unpaired) electrons. The highest BCUT2D eigenvalue weighted by molar-refractivity contribution is 8.13. The average molecular weight is 440 g/mol. The number of thioether (sulfide) groups is 1. The van der Waals surface area contributed by atoms with Crippen molar-refractivity contribution in [1.82, 2.24) is 20.8 Å². The Kier molecular flexibility index (Phi) is 5.10. The zero-order valence-electron chi connectivity index (χ0n) is 16.6. The van der Waals surface area contributed by atoms with Crippen molar-refractivity contribution in [3.8, 4) is 11.5 Å². The van der Waals surface area contributed by atoms with Crippen molar-refractivity contribution in [2.75, 3.05) is 0 Å². The van der Waals surface area contributed by atoms with Gasteiger partial charge in [0.1, 0.15) is 11.8 Å². The summed E-state index contributed by atoms with van der Waals surface area (Å²) in [6.45, 7) is 3.98. The number of oxazole rings is 1. The maximum atomic E-state index is 12.3. The number of amides is 1. The van der Waals surface area contributed by atoms with E-state index in [9.17, 15) is 4.79 Å². The van der Waals surface area contributed by atoms with Crippen LogP contribution in [0.4, 0.5) is 0 Å². The third-order valence-electron chi connectivity index (χ3n) is 5.25. The highest BCUT2D eigenvalue weighted by Gasteiger charge is 2.42. The van der Waals surface area contributed by atoms with Crippen LogP contribution in [0.25, 0.3) is 11.5 Å². The lowest BCUT2D eigenvalue weighted by Crippen LogP contribution is -2.52. The van der Waals surface area contributed by atoms with E-state index in [1.54, 1.807) is 11.3 Å². The Morgan fingerprint density at radius 3 is 2.87 bits per heavy atom. The number of hydrogen-bond acceptors (Lipinski definition) is 8. The molecule has 3 aromatic rings. The molecule has 7 nitrogen and oxygen atoms in total. The molecule has 4 heterocycles. The number of rotatable bonds is 4. The summed E-state index contributed by atoms with van der Waals surface area (Å²) in [7, 11) is 0. The standard InChI is InChI=1S/C21H21N5O2S2/c1-12-5-7-14(8-6-12)20-22-16(13(2)28-20)11-30-21-24-23-19(27)17-10-15(25-26(17)21)18-4-3-9-29-18/h3-9,15,17,25H,10-11H2,1-2H3,(H,23,27). The number of hydrazone groups is 1. The molecule has 0 saturated carbocycles. The van der Waals surface area contributed by atoms with Crippen molar-refractivity contribution in [3.63, 3.8) is 0 Å². The molecule has 0 bridgehead atoms. The van der Waals surface area contributed by atoms with Crippen molar-refractivity contribution in [3.05, 3.63) is 63.7 Å². The average Bonchev–Trinajstić information content (AvgIpc) is 3.48. The Balaban J connectivity index is 1.30. The normalized spacial score (nSPS) is 20.8. The summed E-state index contributed by atoms with van der Waals surface area (Å²) in [4.78, 5) is 18.2. The van der Waals surface area contributed by atoms with E-state index in [-0.39, 0.29) is 18.0 Å². The molecule has 2 atom stereocenters. The zero-order chi connectivity index (χ0) is 20.7. The number of fused-ring (bicyclic) bond motifs is 1. The lowest BCUT2D eigenvalue weighted by atomic mass is 10.1. The zero-order valence-corrected chi connectivity index (χ0v) is 18.2. The summed E-state index contributed by atoms with van der Waals surface area (Å²) < 4.78 is 5.89. The number of amidine groups is 1. The molecule has 2 unspecified atom stereocenters. The number of aryl methyl sites for hydroxylation is 2. The first-order chi connectivity index (χ1) is 14.6. The third-order valence-corrected chi connectivity index (χ3v) is 7.20. The molecule has 2 aliphatic heterocycles. The third kappa shape index (κ3) is 3.64. The Hall–Kier alpha value is -2.62. The Morgan fingerprint density at radius 1 is 1.27 bits per heavy atom. The van der Waals surface area contributed by atoms with Crippen molar-refractivity contribution in [2.24, 2.45) is 5.10 Å². The predicted octanol–water partition coefficient (Wildman–Crippen LogP) is 3.97. The Bertz CT molecular complexity index is 1090. The summed E-state index contributed by atoms with van der Waals surface area (Å²) in [6, 6.07) is 12.1. The van der Waals surface area contributed by atoms with Crippen LogP contribution in [0.3, 0.4) is 0 Å². The molecular weight excluding hydrogens is 418 g/mol. The van der Waals surface area contributed by atoms with E-state index in [1.165, 1.54) is 22.2 Å². The lowest BCUT2D eigenvalue weighted by Gasteiger charge is -2.29. The largest absolute Gasteiger partial charge is 0.441 e. The van der Waals surface area contributed by atoms with Gasteiger partial charge in [-0.05, 0) is 37.4 Å². The number of thiophene rings is 1. The van der Waals surface area contributed by atoms with E-state index < -0.39 is 0 Å². The number of nitrogens with zero attached hydrogens (tertiary/aromatic N) is 3. The summed E-state index contributed by atoms with van der Waals surface area (Å²) in [5.74, 6) is 1.94. The van der Waals surface area contributed by atoms with E-state index in [0.717, 1.165) is 22.2 Å². The second-order valence-electron chi connectivity index (χ2n) is 7.37. The number of carbonyl (C=O) groups is 1. The van der Waals surface area contributed by atoms with Crippen LogP contribution in [-0.4, -0.2) is 27.1 Å². The molecule has 1 fully saturated rings. The highest BCUT2D eigenvalue weighted by Crippen LogP contribution is 2.34. The molecule has 1 saturated heterocycles. The minimum atomic E-state index is -0.265. The monoisotopic (exact) mass is 439 g/mol. The number of carbonyl (C=O) groups excluding carboxylic acids is 1. The number of benzene rings is 1. The SMILES string of the molecule is Cc1ccc(-c2nc(CSC3=NNC(=O)C4CC(c5cccs5)NN34)c(C)o2)cc1. The van der Waals surface area contributed by atoms with Gasteiger partial charge in [-0.2, -0.15) is 0 Å². The Morgan fingerprint density at radius 2 is 2.10 bits per heavy atom. The van der Waals surface area contributed by atoms with Crippen LogP contribution in [0, 0.1) is 13.8 Å².